The molecule has 156 valence electrons. The van der Waals surface area contributed by atoms with Gasteiger partial charge < -0.3 is 29.0 Å². The zero-order valence-electron chi connectivity index (χ0n) is 17.4. The molecule has 7 heteroatoms. The van der Waals surface area contributed by atoms with Crippen LogP contribution in [0.25, 0.3) is 6.08 Å². The summed E-state index contributed by atoms with van der Waals surface area (Å²) in [6.45, 7) is 4.89. The summed E-state index contributed by atoms with van der Waals surface area (Å²) in [6, 6.07) is 8.84. The van der Waals surface area contributed by atoms with Crippen LogP contribution in [0.3, 0.4) is 0 Å². The molecule has 1 amide bonds. The van der Waals surface area contributed by atoms with Gasteiger partial charge in [-0.1, -0.05) is 6.07 Å². The molecule has 2 aromatic carbocycles. The molecule has 0 atom stereocenters. The molecule has 0 spiro atoms. The number of methoxy groups -OCH3 is 3. The molecule has 7 nitrogen and oxygen atoms in total. The fraction of sp³-hybridized carbons (Fsp3) is 0.318. The quantitative estimate of drug-likeness (QED) is 0.603. The van der Waals surface area contributed by atoms with E-state index in [0.717, 1.165) is 5.56 Å². The second-order valence-electron chi connectivity index (χ2n) is 5.81. The average Bonchev–Trinajstić information content (AvgIpc) is 2.73. The van der Waals surface area contributed by atoms with Gasteiger partial charge in [-0.25, -0.2) is 0 Å². The topological polar surface area (TPSA) is 75.3 Å². The molecule has 29 heavy (non-hydrogen) atoms. The summed E-state index contributed by atoms with van der Waals surface area (Å²) in [6.07, 6.45) is 3.14. The Bertz CT molecular complexity index is 837. The van der Waals surface area contributed by atoms with Crippen LogP contribution in [-0.2, 0) is 4.79 Å². The number of nitrogens with one attached hydrogen (secondary N) is 1. The second kappa shape index (κ2) is 10.8. The van der Waals surface area contributed by atoms with Gasteiger partial charge in [0.05, 0.1) is 34.5 Å². The summed E-state index contributed by atoms with van der Waals surface area (Å²) < 4.78 is 27.0. The van der Waals surface area contributed by atoms with Crippen LogP contribution < -0.4 is 29.0 Å². The van der Waals surface area contributed by atoms with Crippen molar-refractivity contribution in [1.82, 2.24) is 0 Å². The number of anilines is 1. The van der Waals surface area contributed by atoms with Crippen LogP contribution in [0.4, 0.5) is 5.69 Å². The minimum atomic E-state index is -0.300. The molecule has 0 aromatic heterocycles. The molecule has 0 bridgehead atoms. The van der Waals surface area contributed by atoms with E-state index in [1.807, 2.05) is 32.0 Å². The van der Waals surface area contributed by atoms with Gasteiger partial charge in [0.1, 0.15) is 0 Å². The van der Waals surface area contributed by atoms with Crippen molar-refractivity contribution in [3.8, 4) is 28.7 Å². The first-order valence-corrected chi connectivity index (χ1v) is 9.24. The van der Waals surface area contributed by atoms with E-state index in [9.17, 15) is 4.79 Å². The van der Waals surface area contributed by atoms with E-state index in [4.69, 9.17) is 23.7 Å². The summed E-state index contributed by atoms with van der Waals surface area (Å²) in [5.41, 5.74) is 1.34. The van der Waals surface area contributed by atoms with E-state index in [0.29, 0.717) is 47.6 Å². The lowest BCUT2D eigenvalue weighted by Gasteiger charge is -2.14. The van der Waals surface area contributed by atoms with E-state index in [1.54, 1.807) is 18.2 Å². The van der Waals surface area contributed by atoms with Crippen LogP contribution in [0.15, 0.2) is 36.4 Å². The van der Waals surface area contributed by atoms with Crippen molar-refractivity contribution in [2.45, 2.75) is 13.8 Å². The summed E-state index contributed by atoms with van der Waals surface area (Å²) >= 11 is 0. The molecular weight excluding hydrogens is 374 g/mol. The lowest BCUT2D eigenvalue weighted by atomic mass is 10.2. The van der Waals surface area contributed by atoms with Gasteiger partial charge in [-0.15, -0.1) is 0 Å². The Morgan fingerprint density at radius 1 is 0.862 bits per heavy atom. The number of rotatable bonds is 10. The second-order valence-corrected chi connectivity index (χ2v) is 5.81. The lowest BCUT2D eigenvalue weighted by Crippen LogP contribution is -2.08. The Kier molecular flexibility index (Phi) is 8.21. The molecule has 0 unspecified atom stereocenters. The molecule has 0 aliphatic rings. The van der Waals surface area contributed by atoms with E-state index < -0.39 is 0 Å². The van der Waals surface area contributed by atoms with Crippen molar-refractivity contribution in [3.05, 3.63) is 42.0 Å². The smallest absolute Gasteiger partial charge is 0.248 e. The van der Waals surface area contributed by atoms with Crippen molar-refractivity contribution in [2.24, 2.45) is 0 Å². The molecule has 1 N–H and O–H groups in total. The van der Waals surface area contributed by atoms with E-state index in [2.05, 4.69) is 5.32 Å². The maximum absolute atomic E-state index is 12.4. The Morgan fingerprint density at radius 3 is 2.03 bits per heavy atom. The van der Waals surface area contributed by atoms with Gasteiger partial charge in [0, 0.05) is 23.9 Å². The zero-order chi connectivity index (χ0) is 21.2. The number of hydrogen-bond donors (Lipinski definition) is 1. The minimum absolute atomic E-state index is 0.300. The fourth-order valence-corrected chi connectivity index (χ4v) is 2.68. The predicted octanol–water partition coefficient (Wildman–Crippen LogP) is 4.16. The van der Waals surface area contributed by atoms with Gasteiger partial charge in [-0.2, -0.15) is 0 Å². The van der Waals surface area contributed by atoms with Crippen molar-refractivity contribution in [3.63, 3.8) is 0 Å². The van der Waals surface area contributed by atoms with Crippen molar-refractivity contribution >= 4 is 17.7 Å². The number of hydrogen-bond acceptors (Lipinski definition) is 6. The van der Waals surface area contributed by atoms with Gasteiger partial charge in [0.15, 0.2) is 23.0 Å². The van der Waals surface area contributed by atoms with Crippen LogP contribution in [0, 0.1) is 0 Å². The number of benzene rings is 2. The van der Waals surface area contributed by atoms with Gasteiger partial charge >= 0.3 is 0 Å². The van der Waals surface area contributed by atoms with Gasteiger partial charge in [0.25, 0.3) is 0 Å². The molecule has 0 aliphatic heterocycles. The fourth-order valence-electron chi connectivity index (χ4n) is 2.68. The molecule has 0 radical (unpaired) electrons. The SMILES string of the molecule is CCOc1ccc(/C=C/C(=O)Nc2cc(OC)c(OC)c(OC)c2)cc1OCC. The molecule has 0 saturated heterocycles. The van der Waals surface area contributed by atoms with Crippen LogP contribution in [-0.4, -0.2) is 40.5 Å². The minimum Gasteiger partial charge on any atom is -0.493 e. The standard InChI is InChI=1S/C22H27NO6/c1-6-28-17-10-8-15(12-18(17)29-7-2)9-11-21(24)23-16-13-19(25-3)22(27-5)20(14-16)26-4/h8-14H,6-7H2,1-5H3,(H,23,24)/b11-9+. The molecule has 2 rings (SSSR count). The number of carbonyl (C=O) groups is 1. The molecule has 0 saturated carbocycles. The first-order chi connectivity index (χ1) is 14.1. The molecule has 0 fully saturated rings. The Balaban J connectivity index is 2.16. The van der Waals surface area contributed by atoms with Gasteiger partial charge in [-0.05, 0) is 37.6 Å². The Labute approximate surface area is 171 Å². The highest BCUT2D eigenvalue weighted by Crippen LogP contribution is 2.39. The maximum atomic E-state index is 12.4. The van der Waals surface area contributed by atoms with Crippen LogP contribution in [0.5, 0.6) is 28.7 Å². The first-order valence-electron chi connectivity index (χ1n) is 9.24. The van der Waals surface area contributed by atoms with Crippen LogP contribution in [0.2, 0.25) is 0 Å². The highest BCUT2D eigenvalue weighted by Gasteiger charge is 2.14. The van der Waals surface area contributed by atoms with Gasteiger partial charge in [0.2, 0.25) is 11.7 Å². The maximum Gasteiger partial charge on any atom is 0.248 e. The number of carbonyl (C=O) groups excluding carboxylic acids is 1. The van der Waals surface area contributed by atoms with E-state index >= 15 is 0 Å². The highest BCUT2D eigenvalue weighted by atomic mass is 16.5. The molecule has 0 heterocycles. The third-order valence-corrected chi connectivity index (χ3v) is 3.93. The van der Waals surface area contributed by atoms with E-state index in [1.165, 1.54) is 27.4 Å². The normalized spacial score (nSPS) is 10.5. The zero-order valence-corrected chi connectivity index (χ0v) is 17.4. The largest absolute Gasteiger partial charge is 0.493 e. The third-order valence-electron chi connectivity index (χ3n) is 3.93. The predicted molar refractivity (Wildman–Crippen MR) is 113 cm³/mol. The summed E-state index contributed by atoms with van der Waals surface area (Å²) in [5, 5.41) is 2.79. The third kappa shape index (κ3) is 5.81. The number of amides is 1. The summed E-state index contributed by atoms with van der Waals surface area (Å²) in [5.74, 6) is 2.39. The molecule has 0 aliphatic carbocycles. The Hall–Kier alpha value is -3.35. The molecule has 2 aromatic rings. The molecular formula is C22H27NO6. The first kappa shape index (κ1) is 21.9. The van der Waals surface area contributed by atoms with Crippen LogP contribution >= 0.6 is 0 Å². The van der Waals surface area contributed by atoms with Crippen molar-refractivity contribution < 1.29 is 28.5 Å². The van der Waals surface area contributed by atoms with Crippen molar-refractivity contribution in [1.29, 1.82) is 0 Å². The summed E-state index contributed by atoms with van der Waals surface area (Å²) in [7, 11) is 4.56. The van der Waals surface area contributed by atoms with Crippen LogP contribution in [0.1, 0.15) is 19.4 Å². The van der Waals surface area contributed by atoms with Crippen molar-refractivity contribution in [2.75, 3.05) is 39.9 Å². The summed E-state index contributed by atoms with van der Waals surface area (Å²) in [4.78, 5) is 12.4. The van der Waals surface area contributed by atoms with Gasteiger partial charge in [-0.3, -0.25) is 4.79 Å². The van der Waals surface area contributed by atoms with E-state index in [-0.39, 0.29) is 5.91 Å². The lowest BCUT2D eigenvalue weighted by molar-refractivity contribution is -0.111. The monoisotopic (exact) mass is 401 g/mol. The number of ether oxygens (including phenoxy) is 5. The highest BCUT2D eigenvalue weighted by molar-refractivity contribution is 6.02. The average molecular weight is 401 g/mol. The Morgan fingerprint density at radius 2 is 1.48 bits per heavy atom.